The van der Waals surface area contributed by atoms with Gasteiger partial charge in [-0.3, -0.25) is 14.5 Å². The van der Waals surface area contributed by atoms with Crippen molar-refractivity contribution in [3.05, 3.63) is 64.6 Å². The summed E-state index contributed by atoms with van der Waals surface area (Å²) < 4.78 is 0.910. The molecule has 0 aliphatic carbocycles. The van der Waals surface area contributed by atoms with Gasteiger partial charge in [0.25, 0.3) is 0 Å². The lowest BCUT2D eigenvalue weighted by molar-refractivity contribution is -0.118. The van der Waals surface area contributed by atoms with E-state index >= 15 is 0 Å². The third kappa shape index (κ3) is 7.17. The molecule has 154 valence electrons. The van der Waals surface area contributed by atoms with E-state index in [2.05, 4.69) is 43.6 Å². The van der Waals surface area contributed by atoms with Gasteiger partial charge in [-0.25, -0.2) is 0 Å². The Hall–Kier alpha value is -1.83. The Morgan fingerprint density at radius 1 is 1.00 bits per heavy atom. The van der Waals surface area contributed by atoms with Crippen LogP contribution in [0.4, 0.5) is 5.69 Å². The summed E-state index contributed by atoms with van der Waals surface area (Å²) in [7, 11) is 0. The summed E-state index contributed by atoms with van der Waals surface area (Å²) in [5, 5.41) is 5.89. The van der Waals surface area contributed by atoms with Crippen molar-refractivity contribution in [2.45, 2.75) is 18.9 Å². The smallest absolute Gasteiger partial charge is 0.234 e. The molecule has 0 saturated carbocycles. The first-order valence-corrected chi connectivity index (χ1v) is 11.8. The number of halogens is 1. The molecule has 3 rings (SSSR count). The van der Waals surface area contributed by atoms with Crippen molar-refractivity contribution in [2.24, 2.45) is 0 Å². The molecule has 1 unspecified atom stereocenters. The Balaban J connectivity index is 1.41. The highest BCUT2D eigenvalue weighted by molar-refractivity contribution is 9.10. The molecule has 2 aromatic rings. The lowest BCUT2D eigenvalue weighted by Crippen LogP contribution is -2.37. The Morgan fingerprint density at radius 3 is 2.45 bits per heavy atom. The highest BCUT2D eigenvalue weighted by Crippen LogP contribution is 2.24. The standard InChI is InChI=1S/C22H26BrN3O2S/c23-18-9-6-10-19(13-18)25-22(28)16-29-15-21(27)24-14-20(26-11-4-5-12-26)17-7-2-1-3-8-17/h1-3,6-10,13,20H,4-5,11-12,14-16H2,(H,24,27)(H,25,28). The van der Waals surface area contributed by atoms with Gasteiger partial charge in [-0.1, -0.05) is 52.3 Å². The lowest BCUT2D eigenvalue weighted by Gasteiger charge is -2.28. The topological polar surface area (TPSA) is 61.4 Å². The van der Waals surface area contributed by atoms with Crippen LogP contribution in [0.3, 0.4) is 0 Å². The number of amides is 2. The molecule has 0 spiro atoms. The molecule has 2 amide bonds. The third-order valence-corrected chi connectivity index (χ3v) is 6.26. The van der Waals surface area contributed by atoms with Gasteiger partial charge in [0.15, 0.2) is 0 Å². The number of anilines is 1. The number of rotatable bonds is 9. The van der Waals surface area contributed by atoms with E-state index < -0.39 is 0 Å². The van der Waals surface area contributed by atoms with Crippen LogP contribution in [0.1, 0.15) is 24.4 Å². The zero-order chi connectivity index (χ0) is 20.5. The highest BCUT2D eigenvalue weighted by Gasteiger charge is 2.23. The largest absolute Gasteiger partial charge is 0.353 e. The SMILES string of the molecule is O=C(CSCC(=O)Nc1cccc(Br)c1)NCC(c1ccccc1)N1CCCC1. The number of carbonyl (C=O) groups is 2. The van der Waals surface area contributed by atoms with Crippen LogP contribution in [-0.4, -0.2) is 47.9 Å². The number of likely N-dealkylation sites (tertiary alicyclic amines) is 1. The van der Waals surface area contributed by atoms with Crippen LogP contribution in [0.25, 0.3) is 0 Å². The minimum Gasteiger partial charge on any atom is -0.353 e. The molecule has 1 fully saturated rings. The molecule has 2 N–H and O–H groups in total. The molecule has 0 bridgehead atoms. The van der Waals surface area contributed by atoms with E-state index in [-0.39, 0.29) is 29.4 Å². The Morgan fingerprint density at radius 2 is 1.72 bits per heavy atom. The van der Waals surface area contributed by atoms with E-state index in [1.165, 1.54) is 30.2 Å². The number of nitrogens with zero attached hydrogens (tertiary/aromatic N) is 1. The summed E-state index contributed by atoms with van der Waals surface area (Å²) >= 11 is 4.70. The maximum absolute atomic E-state index is 12.3. The third-order valence-electron chi connectivity index (χ3n) is 4.83. The summed E-state index contributed by atoms with van der Waals surface area (Å²) in [5.74, 6) is 0.368. The molecular weight excluding hydrogens is 450 g/mol. The van der Waals surface area contributed by atoms with Crippen molar-refractivity contribution >= 4 is 45.2 Å². The van der Waals surface area contributed by atoms with Gasteiger partial charge in [-0.05, 0) is 49.7 Å². The Labute approximate surface area is 184 Å². The minimum absolute atomic E-state index is 0.0367. The molecule has 1 saturated heterocycles. The second-order valence-electron chi connectivity index (χ2n) is 7.02. The molecule has 1 atom stereocenters. The predicted octanol–water partition coefficient (Wildman–Crippen LogP) is 4.07. The number of thioether (sulfide) groups is 1. The van der Waals surface area contributed by atoms with Gasteiger partial charge < -0.3 is 10.6 Å². The average Bonchev–Trinajstić information content (AvgIpc) is 3.23. The molecule has 2 aromatic carbocycles. The minimum atomic E-state index is -0.111. The zero-order valence-electron chi connectivity index (χ0n) is 16.3. The van der Waals surface area contributed by atoms with Crippen LogP contribution < -0.4 is 10.6 Å². The van der Waals surface area contributed by atoms with Crippen molar-refractivity contribution in [2.75, 3.05) is 36.5 Å². The van der Waals surface area contributed by atoms with Gasteiger partial charge in [0.2, 0.25) is 11.8 Å². The quantitative estimate of drug-likeness (QED) is 0.573. The number of benzene rings is 2. The molecule has 1 aliphatic heterocycles. The first kappa shape index (κ1) is 21.9. The van der Waals surface area contributed by atoms with Crippen molar-refractivity contribution in [3.63, 3.8) is 0 Å². The van der Waals surface area contributed by atoms with Gasteiger partial charge in [-0.2, -0.15) is 0 Å². The van der Waals surface area contributed by atoms with Crippen LogP contribution in [-0.2, 0) is 9.59 Å². The highest BCUT2D eigenvalue weighted by atomic mass is 79.9. The zero-order valence-corrected chi connectivity index (χ0v) is 18.7. The van der Waals surface area contributed by atoms with Gasteiger partial charge in [0.1, 0.15) is 0 Å². The normalized spacial score (nSPS) is 15.1. The second kappa shape index (κ2) is 11.4. The van der Waals surface area contributed by atoms with Gasteiger partial charge in [-0.15, -0.1) is 11.8 Å². The van der Waals surface area contributed by atoms with Gasteiger partial charge in [0, 0.05) is 16.7 Å². The summed E-state index contributed by atoms with van der Waals surface area (Å²) in [6, 6.07) is 18.0. The molecule has 1 aliphatic rings. The van der Waals surface area contributed by atoms with Crippen LogP contribution >= 0.6 is 27.7 Å². The fourth-order valence-corrected chi connectivity index (χ4v) is 4.49. The number of hydrogen-bond donors (Lipinski definition) is 2. The van der Waals surface area contributed by atoms with Crippen molar-refractivity contribution in [3.8, 4) is 0 Å². The second-order valence-corrected chi connectivity index (χ2v) is 8.93. The van der Waals surface area contributed by atoms with Crippen LogP contribution in [0.2, 0.25) is 0 Å². The predicted molar refractivity (Wildman–Crippen MR) is 123 cm³/mol. The molecule has 0 aromatic heterocycles. The summed E-state index contributed by atoms with van der Waals surface area (Å²) in [5.41, 5.74) is 1.97. The monoisotopic (exact) mass is 475 g/mol. The number of hydrogen-bond acceptors (Lipinski definition) is 4. The number of nitrogens with one attached hydrogen (secondary N) is 2. The first-order chi connectivity index (χ1) is 14.1. The Bertz CT molecular complexity index is 813. The maximum Gasteiger partial charge on any atom is 0.234 e. The maximum atomic E-state index is 12.3. The van der Waals surface area contributed by atoms with E-state index in [0.29, 0.717) is 6.54 Å². The lowest BCUT2D eigenvalue weighted by atomic mass is 10.1. The van der Waals surface area contributed by atoms with E-state index in [1.54, 1.807) is 0 Å². The average molecular weight is 476 g/mol. The van der Waals surface area contributed by atoms with Gasteiger partial charge in [0.05, 0.1) is 17.5 Å². The van der Waals surface area contributed by atoms with E-state index in [1.807, 2.05) is 42.5 Å². The molecular formula is C22H26BrN3O2S. The van der Waals surface area contributed by atoms with E-state index in [0.717, 1.165) is 23.2 Å². The van der Waals surface area contributed by atoms with Crippen LogP contribution in [0, 0.1) is 0 Å². The van der Waals surface area contributed by atoms with E-state index in [4.69, 9.17) is 0 Å². The van der Waals surface area contributed by atoms with Gasteiger partial charge >= 0.3 is 0 Å². The van der Waals surface area contributed by atoms with Crippen molar-refractivity contribution in [1.29, 1.82) is 0 Å². The van der Waals surface area contributed by atoms with Crippen LogP contribution in [0.5, 0.6) is 0 Å². The summed E-state index contributed by atoms with van der Waals surface area (Å²) in [6.45, 7) is 2.73. The first-order valence-electron chi connectivity index (χ1n) is 9.80. The fourth-order valence-electron chi connectivity index (χ4n) is 3.45. The molecule has 29 heavy (non-hydrogen) atoms. The van der Waals surface area contributed by atoms with E-state index in [9.17, 15) is 9.59 Å². The summed E-state index contributed by atoms with van der Waals surface area (Å²) in [6.07, 6.45) is 2.42. The molecule has 0 radical (unpaired) electrons. The molecule has 7 heteroatoms. The van der Waals surface area contributed by atoms with Crippen molar-refractivity contribution < 1.29 is 9.59 Å². The molecule has 1 heterocycles. The van der Waals surface area contributed by atoms with Crippen LogP contribution in [0.15, 0.2) is 59.1 Å². The Kier molecular flexibility index (Phi) is 8.58. The summed E-state index contributed by atoms with van der Waals surface area (Å²) in [4.78, 5) is 26.8. The number of carbonyl (C=O) groups excluding carboxylic acids is 2. The molecule has 5 nitrogen and oxygen atoms in total. The van der Waals surface area contributed by atoms with Crippen molar-refractivity contribution in [1.82, 2.24) is 10.2 Å². The fraction of sp³-hybridized carbons (Fsp3) is 0.364.